The van der Waals surface area contributed by atoms with Gasteiger partial charge in [-0.25, -0.2) is 0 Å². The van der Waals surface area contributed by atoms with Gasteiger partial charge in [-0.05, 0) is 73.4 Å². The van der Waals surface area contributed by atoms with E-state index < -0.39 is 0 Å². The van der Waals surface area contributed by atoms with Crippen molar-refractivity contribution in [3.63, 3.8) is 0 Å². The highest BCUT2D eigenvalue weighted by atomic mass is 127. The molecule has 16 heavy (non-hydrogen) atoms. The van der Waals surface area contributed by atoms with Crippen LogP contribution >= 0.6 is 22.6 Å². The van der Waals surface area contributed by atoms with Gasteiger partial charge in [0.2, 0.25) is 0 Å². The van der Waals surface area contributed by atoms with E-state index in [2.05, 4.69) is 34.8 Å². The highest BCUT2D eigenvalue weighted by molar-refractivity contribution is 14.1. The molecular weight excluding hydrogens is 313 g/mol. The number of rotatable bonds is 2. The fraction of sp³-hybridized carbons (Fsp3) is 0.462. The highest BCUT2D eigenvalue weighted by Crippen LogP contribution is 2.31. The molecule has 0 bridgehead atoms. The summed E-state index contributed by atoms with van der Waals surface area (Å²) in [5.41, 5.74) is 1.88. The summed E-state index contributed by atoms with van der Waals surface area (Å²) in [4.78, 5) is 12.1. The first kappa shape index (κ1) is 11.9. The summed E-state index contributed by atoms with van der Waals surface area (Å²) in [7, 11) is 0. The van der Waals surface area contributed by atoms with E-state index in [0.29, 0.717) is 0 Å². The Hall–Kier alpha value is -0.580. The topological polar surface area (TPSA) is 29.1 Å². The molecule has 1 N–H and O–H groups in total. The van der Waals surface area contributed by atoms with Crippen LogP contribution in [-0.2, 0) is 0 Å². The number of nitrogens with one attached hydrogen (secondary N) is 1. The molecule has 1 saturated carbocycles. The zero-order valence-corrected chi connectivity index (χ0v) is 11.8. The van der Waals surface area contributed by atoms with E-state index in [1.807, 2.05) is 25.1 Å². The van der Waals surface area contributed by atoms with Gasteiger partial charge in [0.1, 0.15) is 0 Å². The third-order valence-corrected chi connectivity index (χ3v) is 3.99. The third kappa shape index (κ3) is 2.39. The van der Waals surface area contributed by atoms with E-state index in [1.54, 1.807) is 0 Å². The van der Waals surface area contributed by atoms with Crippen LogP contribution in [0.15, 0.2) is 18.2 Å². The Kier molecular flexibility index (Phi) is 3.24. The summed E-state index contributed by atoms with van der Waals surface area (Å²) in [5.74, 6) is 0.0678. The minimum Gasteiger partial charge on any atom is -0.347 e. The minimum absolute atomic E-state index is 0.0325. The molecule has 86 valence electrons. The van der Waals surface area contributed by atoms with Crippen molar-refractivity contribution < 1.29 is 4.79 Å². The van der Waals surface area contributed by atoms with E-state index in [0.717, 1.165) is 27.5 Å². The van der Waals surface area contributed by atoms with Crippen molar-refractivity contribution in [2.24, 2.45) is 0 Å². The molecule has 2 rings (SSSR count). The van der Waals surface area contributed by atoms with Gasteiger partial charge in [-0.15, -0.1) is 0 Å². The Balaban J connectivity index is 2.17. The zero-order chi connectivity index (χ0) is 11.8. The molecule has 0 radical (unpaired) electrons. The van der Waals surface area contributed by atoms with Crippen LogP contribution in [0.1, 0.15) is 42.1 Å². The first-order valence-electron chi connectivity index (χ1n) is 5.59. The monoisotopic (exact) mass is 329 g/mol. The summed E-state index contributed by atoms with van der Waals surface area (Å²) in [5, 5.41) is 3.13. The lowest BCUT2D eigenvalue weighted by atomic mass is 9.78. The standard InChI is InChI=1S/C13H16INO/c1-9-4-5-10(14)8-11(9)12(16)15-13(2)6-3-7-13/h4-5,8H,3,6-7H2,1-2H3,(H,15,16). The van der Waals surface area contributed by atoms with Crippen molar-refractivity contribution in [3.8, 4) is 0 Å². The summed E-state index contributed by atoms with van der Waals surface area (Å²) < 4.78 is 1.10. The predicted octanol–water partition coefficient (Wildman–Crippen LogP) is 3.27. The summed E-state index contributed by atoms with van der Waals surface area (Å²) in [6.45, 7) is 4.10. The highest BCUT2D eigenvalue weighted by Gasteiger charge is 2.33. The lowest BCUT2D eigenvalue weighted by Gasteiger charge is -2.39. The molecule has 1 amide bonds. The van der Waals surface area contributed by atoms with E-state index in [9.17, 15) is 4.79 Å². The largest absolute Gasteiger partial charge is 0.347 e. The minimum atomic E-state index is 0.0325. The number of carbonyl (C=O) groups is 1. The van der Waals surface area contributed by atoms with Gasteiger partial charge in [0.15, 0.2) is 0 Å². The second-order valence-electron chi connectivity index (χ2n) is 4.83. The van der Waals surface area contributed by atoms with Gasteiger partial charge in [0.25, 0.3) is 5.91 Å². The number of benzene rings is 1. The quantitative estimate of drug-likeness (QED) is 0.829. The molecule has 0 heterocycles. The molecule has 2 nitrogen and oxygen atoms in total. The van der Waals surface area contributed by atoms with Gasteiger partial charge in [-0.2, -0.15) is 0 Å². The maximum absolute atomic E-state index is 12.1. The molecule has 0 aliphatic heterocycles. The number of hydrogen-bond acceptors (Lipinski definition) is 1. The predicted molar refractivity (Wildman–Crippen MR) is 73.6 cm³/mol. The normalized spacial score (nSPS) is 17.7. The molecule has 0 spiro atoms. The van der Waals surface area contributed by atoms with Crippen LogP contribution in [0.25, 0.3) is 0 Å². The van der Waals surface area contributed by atoms with Gasteiger partial charge in [0.05, 0.1) is 0 Å². The Labute approximate surface area is 110 Å². The molecule has 0 atom stereocenters. The molecule has 1 aromatic rings. The molecule has 0 saturated heterocycles. The van der Waals surface area contributed by atoms with Crippen molar-refractivity contribution in [1.29, 1.82) is 0 Å². The van der Waals surface area contributed by atoms with Crippen LogP contribution < -0.4 is 5.32 Å². The smallest absolute Gasteiger partial charge is 0.252 e. The molecule has 3 heteroatoms. The number of halogens is 1. The van der Waals surface area contributed by atoms with Gasteiger partial charge in [0, 0.05) is 14.7 Å². The van der Waals surface area contributed by atoms with Crippen molar-refractivity contribution in [2.75, 3.05) is 0 Å². The Morgan fingerprint density at radius 2 is 2.12 bits per heavy atom. The molecule has 0 unspecified atom stereocenters. The molecule has 0 aromatic heterocycles. The summed E-state index contributed by atoms with van der Waals surface area (Å²) in [6, 6.07) is 5.98. The summed E-state index contributed by atoms with van der Waals surface area (Å²) in [6.07, 6.45) is 3.42. The average molecular weight is 329 g/mol. The van der Waals surface area contributed by atoms with E-state index in [-0.39, 0.29) is 11.4 Å². The van der Waals surface area contributed by atoms with Crippen molar-refractivity contribution in [1.82, 2.24) is 5.32 Å². The fourth-order valence-corrected chi connectivity index (χ4v) is 2.50. The lowest BCUT2D eigenvalue weighted by molar-refractivity contribution is 0.0850. The van der Waals surface area contributed by atoms with E-state index >= 15 is 0 Å². The van der Waals surface area contributed by atoms with Gasteiger partial charge in [-0.1, -0.05) is 6.07 Å². The van der Waals surface area contributed by atoms with Crippen molar-refractivity contribution in [2.45, 2.75) is 38.6 Å². The second kappa shape index (κ2) is 4.35. The number of hydrogen-bond donors (Lipinski definition) is 1. The van der Waals surface area contributed by atoms with Crippen LogP contribution in [0.3, 0.4) is 0 Å². The Bertz CT molecular complexity index is 424. The van der Waals surface area contributed by atoms with Crippen LogP contribution in [0.2, 0.25) is 0 Å². The van der Waals surface area contributed by atoms with Crippen LogP contribution in [0.5, 0.6) is 0 Å². The van der Waals surface area contributed by atoms with Gasteiger partial charge in [-0.3, -0.25) is 4.79 Å². The number of amides is 1. The summed E-state index contributed by atoms with van der Waals surface area (Å²) >= 11 is 2.24. The van der Waals surface area contributed by atoms with Crippen LogP contribution in [0.4, 0.5) is 0 Å². The van der Waals surface area contributed by atoms with Gasteiger partial charge >= 0.3 is 0 Å². The zero-order valence-electron chi connectivity index (χ0n) is 9.64. The van der Waals surface area contributed by atoms with E-state index in [4.69, 9.17) is 0 Å². The lowest BCUT2D eigenvalue weighted by Crippen LogP contribution is -2.51. The molecule has 1 aliphatic carbocycles. The van der Waals surface area contributed by atoms with Gasteiger partial charge < -0.3 is 5.32 Å². The van der Waals surface area contributed by atoms with Crippen LogP contribution in [0, 0.1) is 10.5 Å². The molecular formula is C13H16INO. The molecule has 1 aromatic carbocycles. The van der Waals surface area contributed by atoms with Crippen LogP contribution in [-0.4, -0.2) is 11.4 Å². The molecule has 1 fully saturated rings. The van der Waals surface area contributed by atoms with Crippen molar-refractivity contribution >= 4 is 28.5 Å². The first-order chi connectivity index (χ1) is 7.50. The Morgan fingerprint density at radius 3 is 2.69 bits per heavy atom. The number of carbonyl (C=O) groups excluding carboxylic acids is 1. The second-order valence-corrected chi connectivity index (χ2v) is 6.07. The average Bonchev–Trinajstić information content (AvgIpc) is 2.19. The molecule has 1 aliphatic rings. The Morgan fingerprint density at radius 1 is 1.44 bits per heavy atom. The maximum atomic E-state index is 12.1. The fourth-order valence-electron chi connectivity index (χ4n) is 2.01. The SMILES string of the molecule is Cc1ccc(I)cc1C(=O)NC1(C)CCC1. The van der Waals surface area contributed by atoms with E-state index in [1.165, 1.54) is 6.42 Å². The third-order valence-electron chi connectivity index (χ3n) is 3.32. The first-order valence-corrected chi connectivity index (χ1v) is 6.67. The maximum Gasteiger partial charge on any atom is 0.252 e. The number of aryl methyl sites for hydroxylation is 1. The van der Waals surface area contributed by atoms with Crippen molar-refractivity contribution in [3.05, 3.63) is 32.9 Å².